The van der Waals surface area contributed by atoms with E-state index in [9.17, 15) is 0 Å². The van der Waals surface area contributed by atoms with Crippen LogP contribution in [0.25, 0.3) is 92.6 Å². The molecule has 11 rings (SSSR count). The Morgan fingerprint density at radius 1 is 0.500 bits per heavy atom. The van der Waals surface area contributed by atoms with Gasteiger partial charge in [0, 0.05) is 64.9 Å². The van der Waals surface area contributed by atoms with Crippen molar-refractivity contribution >= 4 is 70.3 Å². The normalized spacial score (nSPS) is 14.3. The molecule has 10 aromatic rings. The molecule has 3 heteroatoms. The van der Waals surface area contributed by atoms with Gasteiger partial charge in [-0.15, -0.1) is 11.3 Å². The largest absolute Gasteiger partial charge is 0.313 e. The summed E-state index contributed by atoms with van der Waals surface area (Å²) in [5.41, 5.74) is 13.8. The minimum atomic E-state index is 0.448. The third kappa shape index (κ3) is 4.36. The van der Waals surface area contributed by atoms with Gasteiger partial charge in [0.25, 0.3) is 0 Å². The van der Waals surface area contributed by atoms with Crippen LogP contribution in [0.3, 0.4) is 0 Å². The second kappa shape index (κ2) is 11.4. The van der Waals surface area contributed by atoms with Crippen LogP contribution >= 0.6 is 11.3 Å². The van der Waals surface area contributed by atoms with Crippen LogP contribution in [0, 0.1) is 0 Å². The Balaban J connectivity index is 1.05. The molecule has 3 aromatic heterocycles. The molecule has 0 saturated heterocycles. The van der Waals surface area contributed by atoms with Crippen molar-refractivity contribution in [1.29, 1.82) is 0 Å². The van der Waals surface area contributed by atoms with Crippen LogP contribution < -0.4 is 0 Å². The van der Waals surface area contributed by atoms with Crippen molar-refractivity contribution in [2.24, 2.45) is 0 Å². The maximum atomic E-state index is 2.51. The molecule has 0 fully saturated rings. The lowest BCUT2D eigenvalue weighted by Crippen LogP contribution is -2.07. The number of hydrogen-bond acceptors (Lipinski definition) is 1. The fraction of sp³-hybridized carbons (Fsp3) is 0.0612. The highest BCUT2D eigenvalue weighted by atomic mass is 32.1. The zero-order chi connectivity index (χ0) is 34.3. The lowest BCUT2D eigenvalue weighted by molar-refractivity contribution is 0.723. The molecule has 0 saturated carbocycles. The molecule has 52 heavy (non-hydrogen) atoms. The Hall–Kier alpha value is -6.16. The minimum Gasteiger partial charge on any atom is -0.313 e. The Kier molecular flexibility index (Phi) is 6.50. The summed E-state index contributed by atoms with van der Waals surface area (Å²) in [6, 6.07) is 58.3. The average Bonchev–Trinajstić information content (AvgIpc) is 3.86. The minimum absolute atomic E-state index is 0.448. The zero-order valence-electron chi connectivity index (χ0n) is 28.8. The molecule has 1 aliphatic carbocycles. The molecule has 3 heterocycles. The van der Waals surface area contributed by atoms with E-state index in [0.29, 0.717) is 5.92 Å². The van der Waals surface area contributed by atoms with Crippen LogP contribution in [0.15, 0.2) is 164 Å². The summed E-state index contributed by atoms with van der Waals surface area (Å²) < 4.78 is 7.63. The van der Waals surface area contributed by atoms with Gasteiger partial charge in [0.05, 0.1) is 16.6 Å². The number of rotatable bonds is 4. The molecule has 0 N–H and O–H groups in total. The number of hydrogen-bond donors (Lipinski definition) is 0. The lowest BCUT2D eigenvalue weighted by Gasteiger charge is -2.19. The number of aromatic nitrogens is 2. The summed E-state index contributed by atoms with van der Waals surface area (Å²) in [6.45, 7) is 2.36. The van der Waals surface area contributed by atoms with Crippen molar-refractivity contribution in [3.63, 3.8) is 0 Å². The molecule has 0 bridgehead atoms. The summed E-state index contributed by atoms with van der Waals surface area (Å²) in [5, 5.41) is 6.52. The molecule has 246 valence electrons. The molecule has 2 nitrogen and oxygen atoms in total. The number of nitrogens with zero attached hydrogens (tertiary/aromatic N) is 2. The topological polar surface area (TPSA) is 9.86 Å². The lowest BCUT2D eigenvalue weighted by atomic mass is 9.93. The molecular weight excluding hydrogens is 649 g/mol. The first-order chi connectivity index (χ1) is 25.7. The fourth-order valence-electron chi connectivity index (χ4n) is 8.77. The van der Waals surface area contributed by atoms with E-state index in [0.717, 1.165) is 12.1 Å². The zero-order valence-corrected chi connectivity index (χ0v) is 29.6. The third-order valence-electron chi connectivity index (χ3n) is 11.1. The quantitative estimate of drug-likeness (QED) is 0.175. The monoisotopic (exact) mass is 682 g/mol. The smallest absolute Gasteiger partial charge is 0.0542 e. The first kappa shape index (κ1) is 29.6. The van der Waals surface area contributed by atoms with Crippen LogP contribution in [0.2, 0.25) is 0 Å². The highest BCUT2D eigenvalue weighted by Gasteiger charge is 2.24. The SMILES string of the molecule is CC1CC=Cc2c1n(-c1ccc3c(c1)c1ccccc1n3-c1cccc(-c3cccc(-c4cccc5c4sc4ccccc45)c3)c1)c1ccccc21. The molecule has 7 aromatic carbocycles. The van der Waals surface area contributed by atoms with E-state index < -0.39 is 0 Å². The van der Waals surface area contributed by atoms with Crippen LogP contribution in [-0.2, 0) is 0 Å². The molecule has 0 radical (unpaired) electrons. The van der Waals surface area contributed by atoms with Gasteiger partial charge < -0.3 is 9.13 Å². The van der Waals surface area contributed by atoms with E-state index >= 15 is 0 Å². The number of para-hydroxylation sites is 2. The van der Waals surface area contributed by atoms with Gasteiger partial charge in [-0.05, 0) is 83.3 Å². The number of fused-ring (bicyclic) bond motifs is 9. The van der Waals surface area contributed by atoms with Crippen molar-refractivity contribution in [3.8, 4) is 33.6 Å². The second-order valence-corrected chi connectivity index (χ2v) is 15.2. The number of thiophene rings is 1. The van der Waals surface area contributed by atoms with E-state index in [1.807, 2.05) is 11.3 Å². The summed E-state index contributed by atoms with van der Waals surface area (Å²) in [7, 11) is 0. The van der Waals surface area contributed by atoms with E-state index in [1.54, 1.807) is 0 Å². The van der Waals surface area contributed by atoms with Crippen LogP contribution in [-0.4, -0.2) is 9.13 Å². The predicted molar refractivity (Wildman–Crippen MR) is 223 cm³/mol. The van der Waals surface area contributed by atoms with Crippen molar-refractivity contribution < 1.29 is 0 Å². The standard InChI is InChI=1S/C49H34N2S/c1-31-12-8-21-41-38-17-2-6-24-45(38)51(48(31)41)36-26-27-46-43(30-36)39-18-3-5-23-44(39)50(46)35-16-10-14-33(29-35)32-13-9-15-34(28-32)37-20-11-22-42-40-19-4-7-25-47(40)52-49(37)42/h2-11,13-31H,12H2,1H3. The Bertz CT molecular complexity index is 3080. The van der Waals surface area contributed by atoms with Crippen molar-refractivity contribution in [1.82, 2.24) is 9.13 Å². The fourth-order valence-corrected chi connectivity index (χ4v) is 10.0. The number of allylic oxidation sites excluding steroid dienone is 1. The first-order valence-corrected chi connectivity index (χ1v) is 19.0. The number of benzene rings is 7. The van der Waals surface area contributed by atoms with Crippen LogP contribution in [0.4, 0.5) is 0 Å². The maximum absolute atomic E-state index is 2.51. The van der Waals surface area contributed by atoms with Crippen molar-refractivity contribution in [2.45, 2.75) is 19.3 Å². The van der Waals surface area contributed by atoms with Crippen molar-refractivity contribution in [3.05, 3.63) is 175 Å². The van der Waals surface area contributed by atoms with Gasteiger partial charge in [0.15, 0.2) is 0 Å². The molecular formula is C49H34N2S. The average molecular weight is 683 g/mol. The van der Waals surface area contributed by atoms with E-state index in [4.69, 9.17) is 0 Å². The van der Waals surface area contributed by atoms with Gasteiger partial charge >= 0.3 is 0 Å². The van der Waals surface area contributed by atoms with E-state index in [-0.39, 0.29) is 0 Å². The van der Waals surface area contributed by atoms with Gasteiger partial charge in [0.2, 0.25) is 0 Å². The molecule has 0 amide bonds. The highest BCUT2D eigenvalue weighted by molar-refractivity contribution is 7.26. The molecule has 1 atom stereocenters. The Morgan fingerprint density at radius 3 is 2.04 bits per heavy atom. The van der Waals surface area contributed by atoms with Gasteiger partial charge in [-0.1, -0.05) is 122 Å². The van der Waals surface area contributed by atoms with Crippen molar-refractivity contribution in [2.75, 3.05) is 0 Å². The summed E-state index contributed by atoms with van der Waals surface area (Å²) >= 11 is 1.89. The highest BCUT2D eigenvalue weighted by Crippen LogP contribution is 2.43. The molecule has 0 aliphatic heterocycles. The first-order valence-electron chi connectivity index (χ1n) is 18.2. The van der Waals surface area contributed by atoms with Gasteiger partial charge in [-0.2, -0.15) is 0 Å². The molecule has 1 unspecified atom stereocenters. The van der Waals surface area contributed by atoms with Crippen LogP contribution in [0.1, 0.15) is 30.5 Å². The van der Waals surface area contributed by atoms with E-state index in [2.05, 4.69) is 186 Å². The van der Waals surface area contributed by atoms with Crippen LogP contribution in [0.5, 0.6) is 0 Å². The summed E-state index contributed by atoms with van der Waals surface area (Å²) in [6.07, 6.45) is 5.72. The third-order valence-corrected chi connectivity index (χ3v) is 12.3. The van der Waals surface area contributed by atoms with E-state index in [1.165, 1.54) is 92.1 Å². The summed E-state index contributed by atoms with van der Waals surface area (Å²) in [5.74, 6) is 0.448. The molecule has 0 spiro atoms. The van der Waals surface area contributed by atoms with Gasteiger partial charge in [-0.3, -0.25) is 0 Å². The molecule has 1 aliphatic rings. The Labute approximate surface area is 306 Å². The maximum Gasteiger partial charge on any atom is 0.0542 e. The Morgan fingerprint density at radius 2 is 1.15 bits per heavy atom. The van der Waals surface area contributed by atoms with Gasteiger partial charge in [-0.25, -0.2) is 0 Å². The van der Waals surface area contributed by atoms with Gasteiger partial charge in [0.1, 0.15) is 0 Å². The predicted octanol–water partition coefficient (Wildman–Crippen LogP) is 13.9. The summed E-state index contributed by atoms with van der Waals surface area (Å²) in [4.78, 5) is 0. The second-order valence-electron chi connectivity index (χ2n) is 14.2.